The molecule has 0 amide bonds. The van der Waals surface area contributed by atoms with Crippen molar-refractivity contribution in [3.05, 3.63) is 11.6 Å². The maximum atomic E-state index is 3.42. The fourth-order valence-corrected chi connectivity index (χ4v) is 1.38. The van der Waals surface area contributed by atoms with E-state index in [-0.39, 0.29) is 0 Å². The molecule has 0 bridgehead atoms. The zero-order chi connectivity index (χ0) is 10.8. The van der Waals surface area contributed by atoms with Crippen LogP contribution in [-0.2, 0) is 0 Å². The van der Waals surface area contributed by atoms with E-state index in [0.29, 0.717) is 0 Å². The van der Waals surface area contributed by atoms with Gasteiger partial charge in [-0.3, -0.25) is 0 Å². The third kappa shape index (κ3) is 7.14. The second kappa shape index (κ2) is 9.26. The van der Waals surface area contributed by atoms with Gasteiger partial charge < -0.3 is 5.32 Å². The molecule has 84 valence electrons. The summed E-state index contributed by atoms with van der Waals surface area (Å²) in [6.07, 6.45) is 7.40. The van der Waals surface area contributed by atoms with Crippen molar-refractivity contribution in [3.8, 4) is 0 Å². The summed E-state index contributed by atoms with van der Waals surface area (Å²) in [6, 6.07) is 0. The number of allylic oxidation sites excluding steroid dienone is 2. The Bertz CT molecular complexity index is 149. The van der Waals surface area contributed by atoms with Crippen LogP contribution < -0.4 is 5.32 Å². The normalized spacial score (nSPS) is 14.4. The predicted molar refractivity (Wildman–Crippen MR) is 65.6 cm³/mol. The highest BCUT2D eigenvalue weighted by atomic mass is 14.8. The van der Waals surface area contributed by atoms with Gasteiger partial charge in [0.15, 0.2) is 0 Å². The summed E-state index contributed by atoms with van der Waals surface area (Å²) in [6.45, 7) is 11.4. The molecule has 0 spiro atoms. The molecule has 0 heterocycles. The van der Waals surface area contributed by atoms with E-state index in [0.717, 1.165) is 19.0 Å². The average Bonchev–Trinajstić information content (AvgIpc) is 2.21. The van der Waals surface area contributed by atoms with E-state index < -0.39 is 0 Å². The molecule has 0 aromatic carbocycles. The number of rotatable bonds is 8. The molecule has 0 fully saturated rings. The van der Waals surface area contributed by atoms with Crippen molar-refractivity contribution >= 4 is 0 Å². The minimum absolute atomic E-state index is 0.763. The summed E-state index contributed by atoms with van der Waals surface area (Å²) in [5, 5.41) is 3.42. The summed E-state index contributed by atoms with van der Waals surface area (Å²) < 4.78 is 0. The average molecular weight is 197 g/mol. The zero-order valence-electron chi connectivity index (χ0n) is 10.4. The van der Waals surface area contributed by atoms with Crippen molar-refractivity contribution in [1.82, 2.24) is 5.32 Å². The molecule has 0 rings (SSSR count). The van der Waals surface area contributed by atoms with Gasteiger partial charge in [-0.15, -0.1) is 0 Å². The second-order valence-corrected chi connectivity index (χ2v) is 4.15. The first-order valence-electron chi connectivity index (χ1n) is 6.09. The first-order valence-corrected chi connectivity index (χ1v) is 6.09. The van der Waals surface area contributed by atoms with Crippen molar-refractivity contribution < 1.29 is 0 Å². The Morgan fingerprint density at radius 2 is 2.00 bits per heavy atom. The maximum Gasteiger partial charge on any atom is -0.00460 e. The van der Waals surface area contributed by atoms with Crippen molar-refractivity contribution in [2.75, 3.05) is 13.1 Å². The van der Waals surface area contributed by atoms with Crippen LogP contribution in [-0.4, -0.2) is 13.1 Å². The largest absolute Gasteiger partial charge is 0.317 e. The van der Waals surface area contributed by atoms with Crippen LogP contribution in [0.15, 0.2) is 11.6 Å². The quantitative estimate of drug-likeness (QED) is 0.461. The Morgan fingerprint density at radius 1 is 1.29 bits per heavy atom. The van der Waals surface area contributed by atoms with Gasteiger partial charge in [0.1, 0.15) is 0 Å². The highest BCUT2D eigenvalue weighted by molar-refractivity contribution is 5.01. The van der Waals surface area contributed by atoms with Gasteiger partial charge in [0.25, 0.3) is 0 Å². The Hall–Kier alpha value is -0.300. The molecule has 1 nitrogen and oxygen atoms in total. The van der Waals surface area contributed by atoms with Crippen LogP contribution in [0.2, 0.25) is 0 Å². The first kappa shape index (κ1) is 13.7. The van der Waals surface area contributed by atoms with E-state index in [2.05, 4.69) is 39.1 Å². The Kier molecular flexibility index (Phi) is 9.06. The monoisotopic (exact) mass is 197 g/mol. The molecular formula is C13H27N. The third-order valence-electron chi connectivity index (χ3n) is 2.84. The molecular weight excluding hydrogens is 170 g/mol. The van der Waals surface area contributed by atoms with E-state index in [9.17, 15) is 0 Å². The molecule has 0 radical (unpaired) electrons. The lowest BCUT2D eigenvalue weighted by molar-refractivity contribution is 0.630. The highest BCUT2D eigenvalue weighted by Crippen LogP contribution is 2.13. The number of hydrogen-bond acceptors (Lipinski definition) is 1. The SMILES string of the molecule is CCCNCCC/C=C(\C)[C@H](C)CC. The lowest BCUT2D eigenvalue weighted by atomic mass is 9.99. The minimum Gasteiger partial charge on any atom is -0.317 e. The topological polar surface area (TPSA) is 12.0 Å². The zero-order valence-corrected chi connectivity index (χ0v) is 10.4. The lowest BCUT2D eigenvalue weighted by Crippen LogP contribution is -2.15. The standard InChI is InChI=1S/C13H27N/c1-5-10-14-11-8-7-9-13(4)12(3)6-2/h9,12,14H,5-8,10-11H2,1-4H3/b13-9+/t12-/m1/s1. The number of unbranched alkanes of at least 4 members (excludes halogenated alkanes) is 1. The van der Waals surface area contributed by atoms with Gasteiger partial charge in [0, 0.05) is 0 Å². The highest BCUT2D eigenvalue weighted by Gasteiger charge is 1.99. The maximum absolute atomic E-state index is 3.42. The van der Waals surface area contributed by atoms with Crippen LogP contribution in [0.25, 0.3) is 0 Å². The summed E-state index contributed by atoms with van der Waals surface area (Å²) in [5.74, 6) is 0.763. The van der Waals surface area contributed by atoms with Gasteiger partial charge in [-0.2, -0.15) is 0 Å². The molecule has 0 saturated carbocycles. The van der Waals surface area contributed by atoms with Crippen LogP contribution >= 0.6 is 0 Å². The van der Waals surface area contributed by atoms with Gasteiger partial charge in [-0.05, 0) is 51.6 Å². The molecule has 0 aliphatic carbocycles. The number of nitrogens with one attached hydrogen (secondary N) is 1. The smallest absolute Gasteiger partial charge is 0.00460 e. The van der Waals surface area contributed by atoms with Gasteiger partial charge in [-0.25, -0.2) is 0 Å². The van der Waals surface area contributed by atoms with Gasteiger partial charge in [0.05, 0.1) is 0 Å². The summed E-state index contributed by atoms with van der Waals surface area (Å²) in [5.41, 5.74) is 1.56. The van der Waals surface area contributed by atoms with E-state index in [4.69, 9.17) is 0 Å². The molecule has 14 heavy (non-hydrogen) atoms. The van der Waals surface area contributed by atoms with Crippen LogP contribution in [0.1, 0.15) is 53.4 Å². The van der Waals surface area contributed by atoms with E-state index in [1.54, 1.807) is 5.57 Å². The van der Waals surface area contributed by atoms with E-state index in [1.807, 2.05) is 0 Å². The van der Waals surface area contributed by atoms with Crippen LogP contribution in [0.3, 0.4) is 0 Å². The molecule has 0 aromatic heterocycles. The first-order chi connectivity index (χ1) is 6.72. The van der Waals surface area contributed by atoms with E-state index in [1.165, 1.54) is 25.7 Å². The fraction of sp³-hybridized carbons (Fsp3) is 0.846. The van der Waals surface area contributed by atoms with Gasteiger partial charge in [0.2, 0.25) is 0 Å². The third-order valence-corrected chi connectivity index (χ3v) is 2.84. The molecule has 0 aromatic rings. The molecule has 1 heteroatoms. The Balaban J connectivity index is 3.41. The molecule has 0 aliphatic heterocycles. The minimum atomic E-state index is 0.763. The Morgan fingerprint density at radius 3 is 2.57 bits per heavy atom. The van der Waals surface area contributed by atoms with Crippen molar-refractivity contribution in [1.29, 1.82) is 0 Å². The van der Waals surface area contributed by atoms with Crippen molar-refractivity contribution in [2.45, 2.75) is 53.4 Å². The molecule has 1 atom stereocenters. The van der Waals surface area contributed by atoms with E-state index >= 15 is 0 Å². The van der Waals surface area contributed by atoms with Crippen LogP contribution in [0.4, 0.5) is 0 Å². The van der Waals surface area contributed by atoms with Crippen molar-refractivity contribution in [3.63, 3.8) is 0 Å². The van der Waals surface area contributed by atoms with Crippen molar-refractivity contribution in [2.24, 2.45) is 5.92 Å². The molecule has 0 unspecified atom stereocenters. The van der Waals surface area contributed by atoms with Gasteiger partial charge in [-0.1, -0.05) is 32.4 Å². The predicted octanol–water partition coefficient (Wildman–Crippen LogP) is 3.76. The lowest BCUT2D eigenvalue weighted by Gasteiger charge is -2.08. The molecule has 0 saturated heterocycles. The second-order valence-electron chi connectivity index (χ2n) is 4.15. The summed E-state index contributed by atoms with van der Waals surface area (Å²) in [7, 11) is 0. The molecule has 0 aliphatic rings. The van der Waals surface area contributed by atoms with Crippen LogP contribution in [0.5, 0.6) is 0 Å². The molecule has 1 N–H and O–H groups in total. The number of hydrogen-bond donors (Lipinski definition) is 1. The summed E-state index contributed by atoms with van der Waals surface area (Å²) >= 11 is 0. The van der Waals surface area contributed by atoms with Crippen LogP contribution in [0, 0.1) is 5.92 Å². The van der Waals surface area contributed by atoms with Gasteiger partial charge >= 0.3 is 0 Å². The fourth-order valence-electron chi connectivity index (χ4n) is 1.38. The summed E-state index contributed by atoms with van der Waals surface area (Å²) in [4.78, 5) is 0. The Labute approximate surface area is 90.0 Å².